The molecule has 0 fully saturated rings. The number of rotatable bonds is 3. The van der Waals surface area contributed by atoms with Gasteiger partial charge in [0.05, 0.1) is 16.2 Å². The molecule has 0 unspecified atom stereocenters. The zero-order valence-electron chi connectivity index (χ0n) is 14.4. The maximum Gasteiger partial charge on any atom is 0.276 e. The summed E-state index contributed by atoms with van der Waals surface area (Å²) in [6.45, 7) is 1.95. The Bertz CT molecular complexity index is 1240. The maximum atomic E-state index is 13.2. The van der Waals surface area contributed by atoms with Gasteiger partial charge in [0, 0.05) is 10.4 Å². The zero-order chi connectivity index (χ0) is 19.0. The Hall–Kier alpha value is -2.89. The quantitative estimate of drug-likeness (QED) is 0.514. The maximum absolute atomic E-state index is 13.2. The van der Waals surface area contributed by atoms with Crippen molar-refractivity contribution in [3.63, 3.8) is 0 Å². The van der Waals surface area contributed by atoms with Crippen LogP contribution in [0.2, 0.25) is 5.02 Å². The van der Waals surface area contributed by atoms with Gasteiger partial charge in [0.1, 0.15) is 16.3 Å². The van der Waals surface area contributed by atoms with Crippen molar-refractivity contribution in [2.75, 3.05) is 0 Å². The van der Waals surface area contributed by atoms with Crippen LogP contribution in [0, 0.1) is 6.92 Å². The van der Waals surface area contributed by atoms with Gasteiger partial charge in [-0.3, -0.25) is 9.36 Å². The summed E-state index contributed by atoms with van der Waals surface area (Å²) in [5.41, 5.74) is 1.70. The normalized spacial score (nSPS) is 11.5. The number of hydrogen-bond donors (Lipinski definition) is 1. The number of fused-ring (bicyclic) bond motifs is 1. The number of phenolic OH excluding ortho intramolecular Hbond substituents is 1. The molecule has 0 aliphatic carbocycles. The molecule has 2 heterocycles. The van der Waals surface area contributed by atoms with Gasteiger partial charge in [0.25, 0.3) is 5.56 Å². The molecule has 4 aromatic rings. The van der Waals surface area contributed by atoms with E-state index in [0.717, 1.165) is 4.88 Å². The van der Waals surface area contributed by atoms with Crippen LogP contribution in [0.1, 0.15) is 16.3 Å². The van der Waals surface area contributed by atoms with Crippen LogP contribution in [-0.4, -0.2) is 14.7 Å². The minimum atomic E-state index is -0.164. The number of para-hydroxylation sites is 2. The van der Waals surface area contributed by atoms with Gasteiger partial charge in [0.15, 0.2) is 0 Å². The fraction of sp³-hybridized carbons (Fsp3) is 0.0476. The molecule has 0 aliphatic rings. The van der Waals surface area contributed by atoms with Crippen molar-refractivity contribution in [1.29, 1.82) is 0 Å². The Labute approximate surface area is 164 Å². The van der Waals surface area contributed by atoms with Gasteiger partial charge < -0.3 is 5.11 Å². The van der Waals surface area contributed by atoms with E-state index in [4.69, 9.17) is 11.6 Å². The minimum Gasteiger partial charge on any atom is -0.507 e. The topological polar surface area (TPSA) is 55.1 Å². The van der Waals surface area contributed by atoms with Crippen LogP contribution in [-0.2, 0) is 0 Å². The Balaban J connectivity index is 1.98. The third-order valence-electron chi connectivity index (χ3n) is 4.14. The number of aromatic hydroxyl groups is 1. The van der Waals surface area contributed by atoms with Crippen molar-refractivity contribution in [2.24, 2.45) is 0 Å². The van der Waals surface area contributed by atoms with E-state index in [2.05, 4.69) is 4.98 Å². The number of thiophene rings is 1. The molecule has 0 saturated carbocycles. The molecule has 0 spiro atoms. The highest BCUT2D eigenvalue weighted by atomic mass is 35.5. The van der Waals surface area contributed by atoms with Crippen molar-refractivity contribution in [3.8, 4) is 11.4 Å². The average molecular weight is 395 g/mol. The van der Waals surface area contributed by atoms with Gasteiger partial charge in [0.2, 0.25) is 0 Å². The molecular formula is C21H15ClN2O2S. The molecule has 27 heavy (non-hydrogen) atoms. The molecule has 2 aromatic heterocycles. The van der Waals surface area contributed by atoms with E-state index >= 15 is 0 Å². The lowest BCUT2D eigenvalue weighted by atomic mass is 10.2. The Morgan fingerprint density at radius 1 is 1.11 bits per heavy atom. The highest BCUT2D eigenvalue weighted by Crippen LogP contribution is 2.26. The third kappa shape index (κ3) is 3.27. The van der Waals surface area contributed by atoms with E-state index in [9.17, 15) is 9.90 Å². The molecule has 134 valence electrons. The fourth-order valence-electron chi connectivity index (χ4n) is 2.89. The summed E-state index contributed by atoms with van der Waals surface area (Å²) in [5.74, 6) is 0.606. The van der Waals surface area contributed by atoms with Crippen LogP contribution >= 0.6 is 22.9 Å². The van der Waals surface area contributed by atoms with Gasteiger partial charge in [-0.15, -0.1) is 11.3 Å². The largest absolute Gasteiger partial charge is 0.507 e. The van der Waals surface area contributed by atoms with Crippen LogP contribution < -0.4 is 5.56 Å². The molecule has 0 aliphatic heterocycles. The summed E-state index contributed by atoms with van der Waals surface area (Å²) in [5, 5.41) is 10.5. The molecule has 4 rings (SSSR count). The smallest absolute Gasteiger partial charge is 0.276 e. The molecule has 0 amide bonds. The molecule has 1 N–H and O–H groups in total. The lowest BCUT2D eigenvalue weighted by molar-refractivity contribution is 0.474. The second-order valence-electron chi connectivity index (χ2n) is 6.03. The molecule has 0 saturated heterocycles. The third-order valence-corrected chi connectivity index (χ3v) is 5.49. The summed E-state index contributed by atoms with van der Waals surface area (Å²) in [4.78, 5) is 18.9. The molecule has 0 radical (unpaired) electrons. The van der Waals surface area contributed by atoms with Crippen molar-refractivity contribution in [2.45, 2.75) is 6.92 Å². The van der Waals surface area contributed by atoms with Crippen molar-refractivity contribution in [1.82, 2.24) is 9.55 Å². The molecule has 6 heteroatoms. The molecular weight excluding hydrogens is 380 g/mol. The van der Waals surface area contributed by atoms with E-state index in [0.29, 0.717) is 32.3 Å². The number of hydrogen-bond acceptors (Lipinski definition) is 4. The average Bonchev–Trinajstić information content (AvgIpc) is 3.03. The van der Waals surface area contributed by atoms with Crippen molar-refractivity contribution in [3.05, 3.63) is 86.2 Å². The Morgan fingerprint density at radius 2 is 1.85 bits per heavy atom. The molecule has 4 nitrogen and oxygen atoms in total. The van der Waals surface area contributed by atoms with E-state index < -0.39 is 0 Å². The monoisotopic (exact) mass is 394 g/mol. The highest BCUT2D eigenvalue weighted by Gasteiger charge is 2.15. The number of phenols is 1. The number of nitrogens with zero attached hydrogens (tertiary/aromatic N) is 2. The Kier molecular flexibility index (Phi) is 4.56. The lowest BCUT2D eigenvalue weighted by Gasteiger charge is -2.11. The van der Waals surface area contributed by atoms with Crippen LogP contribution in [0.15, 0.2) is 59.4 Å². The van der Waals surface area contributed by atoms with E-state index in [1.165, 1.54) is 15.9 Å². The van der Waals surface area contributed by atoms with E-state index in [1.54, 1.807) is 42.5 Å². The van der Waals surface area contributed by atoms with Gasteiger partial charge in [-0.1, -0.05) is 41.9 Å². The second kappa shape index (κ2) is 7.02. The summed E-state index contributed by atoms with van der Waals surface area (Å²) in [6.07, 6.45) is 3.45. The second-order valence-corrected chi connectivity index (χ2v) is 7.69. The van der Waals surface area contributed by atoms with Gasteiger partial charge in [-0.05, 0) is 43.3 Å². The van der Waals surface area contributed by atoms with E-state index in [-0.39, 0.29) is 11.3 Å². The first-order chi connectivity index (χ1) is 13.0. The van der Waals surface area contributed by atoms with E-state index in [1.807, 2.05) is 31.2 Å². The predicted molar refractivity (Wildman–Crippen MR) is 112 cm³/mol. The predicted octanol–water partition coefficient (Wildman–Crippen LogP) is 5.29. The number of halogens is 1. The SMILES string of the molecule is Cc1cc2nc(C=Cc3ccccc3O)n(-c3ccccc3Cl)c(=O)c2s1. The first-order valence-electron chi connectivity index (χ1n) is 8.29. The minimum absolute atomic E-state index is 0.160. The zero-order valence-corrected chi connectivity index (χ0v) is 16.0. The highest BCUT2D eigenvalue weighted by molar-refractivity contribution is 7.18. The van der Waals surface area contributed by atoms with Crippen LogP contribution in [0.5, 0.6) is 5.75 Å². The number of aryl methyl sites for hydroxylation is 1. The fourth-order valence-corrected chi connectivity index (χ4v) is 3.99. The number of benzene rings is 2. The summed E-state index contributed by atoms with van der Waals surface area (Å²) < 4.78 is 2.10. The van der Waals surface area contributed by atoms with Crippen molar-refractivity contribution < 1.29 is 5.11 Å². The lowest BCUT2D eigenvalue weighted by Crippen LogP contribution is -2.21. The van der Waals surface area contributed by atoms with Crippen LogP contribution in [0.4, 0.5) is 0 Å². The standard InChI is InChI=1S/C21H15ClN2O2S/c1-13-12-16-20(27-13)21(26)24(17-8-4-3-7-15(17)22)19(23-16)11-10-14-6-2-5-9-18(14)25/h2-12,25H,1H3. The number of aromatic nitrogens is 2. The Morgan fingerprint density at radius 3 is 2.63 bits per heavy atom. The van der Waals surface area contributed by atoms with Crippen LogP contribution in [0.3, 0.4) is 0 Å². The first-order valence-corrected chi connectivity index (χ1v) is 9.48. The summed E-state index contributed by atoms with van der Waals surface area (Å²) in [6, 6.07) is 16.1. The van der Waals surface area contributed by atoms with Gasteiger partial charge in [-0.25, -0.2) is 4.98 Å². The van der Waals surface area contributed by atoms with Gasteiger partial charge in [-0.2, -0.15) is 0 Å². The van der Waals surface area contributed by atoms with Gasteiger partial charge >= 0.3 is 0 Å². The summed E-state index contributed by atoms with van der Waals surface area (Å²) in [7, 11) is 0. The molecule has 0 atom stereocenters. The van der Waals surface area contributed by atoms with Crippen molar-refractivity contribution >= 4 is 45.3 Å². The molecule has 0 bridgehead atoms. The first kappa shape index (κ1) is 17.5. The van der Waals surface area contributed by atoms with Crippen LogP contribution in [0.25, 0.3) is 28.1 Å². The molecule has 2 aromatic carbocycles. The summed E-state index contributed by atoms with van der Waals surface area (Å²) >= 11 is 7.77.